The summed E-state index contributed by atoms with van der Waals surface area (Å²) in [6.07, 6.45) is 0.506. The van der Waals surface area contributed by atoms with Crippen molar-refractivity contribution in [1.29, 1.82) is 0 Å². The Morgan fingerprint density at radius 2 is 2.05 bits per heavy atom. The number of aryl methyl sites for hydroxylation is 1. The smallest absolute Gasteiger partial charge is 0.163 e. The molecule has 20 heavy (non-hydrogen) atoms. The Hall–Kier alpha value is -1.80. The first-order valence-corrected chi connectivity index (χ1v) is 7.07. The highest BCUT2D eigenvalue weighted by molar-refractivity contribution is 6.30. The summed E-state index contributed by atoms with van der Waals surface area (Å²) in [6, 6.07) is 9.73. The second-order valence-electron chi connectivity index (χ2n) is 5.03. The van der Waals surface area contributed by atoms with E-state index in [9.17, 15) is 4.79 Å². The number of ether oxygens (including phenoxy) is 1. The molecule has 102 valence electrons. The third-order valence-corrected chi connectivity index (χ3v) is 3.92. The monoisotopic (exact) mass is 286 g/mol. The number of benzene rings is 2. The first-order valence-electron chi connectivity index (χ1n) is 6.69. The molecule has 0 saturated heterocycles. The fourth-order valence-electron chi connectivity index (χ4n) is 2.61. The Morgan fingerprint density at radius 1 is 1.25 bits per heavy atom. The Kier molecular flexibility index (Phi) is 3.27. The van der Waals surface area contributed by atoms with Crippen molar-refractivity contribution in [2.45, 2.75) is 26.9 Å². The van der Waals surface area contributed by atoms with Gasteiger partial charge in [0.25, 0.3) is 0 Å². The molecule has 1 aliphatic heterocycles. The number of hydrogen-bond donors (Lipinski definition) is 0. The number of carbonyl (C=O) groups is 1. The van der Waals surface area contributed by atoms with Gasteiger partial charge in [0.1, 0.15) is 12.4 Å². The van der Waals surface area contributed by atoms with Crippen molar-refractivity contribution in [2.24, 2.45) is 0 Å². The molecule has 0 atom stereocenters. The fraction of sp³-hybridized carbons (Fsp3) is 0.235. The van der Waals surface area contributed by atoms with E-state index in [-0.39, 0.29) is 5.78 Å². The molecule has 0 N–H and O–H groups in total. The van der Waals surface area contributed by atoms with Gasteiger partial charge in [0, 0.05) is 22.6 Å². The molecule has 0 saturated carbocycles. The number of hydrogen-bond acceptors (Lipinski definition) is 2. The van der Waals surface area contributed by atoms with Crippen LogP contribution in [0.4, 0.5) is 0 Å². The second-order valence-corrected chi connectivity index (χ2v) is 5.47. The quantitative estimate of drug-likeness (QED) is 0.741. The van der Waals surface area contributed by atoms with Crippen molar-refractivity contribution < 1.29 is 9.53 Å². The largest absolute Gasteiger partial charge is 0.488 e. The molecule has 0 aliphatic carbocycles. The minimum Gasteiger partial charge on any atom is -0.488 e. The minimum atomic E-state index is 0.149. The average molecular weight is 287 g/mol. The maximum atomic E-state index is 11.9. The zero-order valence-corrected chi connectivity index (χ0v) is 12.3. The van der Waals surface area contributed by atoms with Crippen molar-refractivity contribution in [3.05, 3.63) is 52.0 Å². The lowest BCUT2D eigenvalue weighted by atomic mass is 9.92. The minimum absolute atomic E-state index is 0.149. The number of rotatable bonds is 2. The molecule has 2 aromatic carbocycles. The van der Waals surface area contributed by atoms with E-state index in [0.29, 0.717) is 18.1 Å². The zero-order valence-electron chi connectivity index (χ0n) is 11.5. The van der Waals surface area contributed by atoms with Crippen molar-refractivity contribution in [1.82, 2.24) is 0 Å². The summed E-state index contributed by atoms with van der Waals surface area (Å²) in [4.78, 5) is 11.9. The van der Waals surface area contributed by atoms with Gasteiger partial charge in [-0.05, 0) is 47.9 Å². The second kappa shape index (κ2) is 4.95. The molecule has 0 fully saturated rings. The summed E-state index contributed by atoms with van der Waals surface area (Å²) < 4.78 is 5.78. The van der Waals surface area contributed by atoms with E-state index in [1.165, 1.54) is 0 Å². The van der Waals surface area contributed by atoms with Gasteiger partial charge in [0.15, 0.2) is 5.78 Å². The first-order chi connectivity index (χ1) is 9.60. The highest BCUT2D eigenvalue weighted by Gasteiger charge is 2.20. The predicted molar refractivity (Wildman–Crippen MR) is 80.6 cm³/mol. The standard InChI is InChI=1S/C17H15ClO2/c1-3-16(19)14-8-17-15(6-10(14)2)13-5-4-12(18)7-11(13)9-20-17/h4-8H,3,9H2,1-2H3. The molecule has 3 rings (SSSR count). The number of ketones is 1. The molecule has 2 aromatic rings. The Labute approximate surface area is 123 Å². The molecule has 3 heteroatoms. The number of fused-ring (bicyclic) bond motifs is 3. The summed E-state index contributed by atoms with van der Waals surface area (Å²) in [7, 11) is 0. The van der Waals surface area contributed by atoms with E-state index >= 15 is 0 Å². The fourth-order valence-corrected chi connectivity index (χ4v) is 2.80. The third kappa shape index (κ3) is 2.10. The molecule has 1 aliphatic rings. The Balaban J connectivity index is 2.17. The lowest BCUT2D eigenvalue weighted by Gasteiger charge is -2.22. The van der Waals surface area contributed by atoms with Gasteiger partial charge in [0.05, 0.1) is 0 Å². The van der Waals surface area contributed by atoms with Crippen molar-refractivity contribution in [3.8, 4) is 16.9 Å². The Morgan fingerprint density at radius 3 is 2.80 bits per heavy atom. The van der Waals surface area contributed by atoms with Crippen LogP contribution in [0.25, 0.3) is 11.1 Å². The highest BCUT2D eigenvalue weighted by Crippen LogP contribution is 2.40. The van der Waals surface area contributed by atoms with E-state index in [0.717, 1.165) is 33.6 Å². The van der Waals surface area contributed by atoms with Gasteiger partial charge >= 0.3 is 0 Å². The maximum Gasteiger partial charge on any atom is 0.163 e. The SMILES string of the molecule is CCC(=O)c1cc2c(cc1C)-c1ccc(Cl)cc1CO2. The third-order valence-electron chi connectivity index (χ3n) is 3.69. The molecule has 0 bridgehead atoms. The normalized spacial score (nSPS) is 12.3. The molecule has 0 radical (unpaired) electrons. The van der Waals surface area contributed by atoms with Crippen molar-refractivity contribution in [3.63, 3.8) is 0 Å². The summed E-state index contributed by atoms with van der Waals surface area (Å²) in [5.74, 6) is 0.929. The van der Waals surface area contributed by atoms with Crippen LogP contribution in [-0.2, 0) is 6.61 Å². The topological polar surface area (TPSA) is 26.3 Å². The number of Topliss-reactive ketones (excluding diaryl/α,β-unsaturated/α-hetero) is 1. The molecule has 2 nitrogen and oxygen atoms in total. The van der Waals surface area contributed by atoms with Gasteiger partial charge in [-0.2, -0.15) is 0 Å². The van der Waals surface area contributed by atoms with E-state index < -0.39 is 0 Å². The average Bonchev–Trinajstić information content (AvgIpc) is 2.45. The van der Waals surface area contributed by atoms with E-state index in [1.807, 2.05) is 44.2 Å². The Bertz CT molecular complexity index is 704. The van der Waals surface area contributed by atoms with E-state index in [2.05, 4.69) is 0 Å². The van der Waals surface area contributed by atoms with Crippen LogP contribution in [-0.4, -0.2) is 5.78 Å². The molecule has 0 amide bonds. The van der Waals surface area contributed by atoms with Crippen LogP contribution in [0.3, 0.4) is 0 Å². The van der Waals surface area contributed by atoms with Crippen LogP contribution in [0, 0.1) is 6.92 Å². The van der Waals surface area contributed by atoms with Gasteiger partial charge in [-0.15, -0.1) is 0 Å². The van der Waals surface area contributed by atoms with Crippen LogP contribution in [0.15, 0.2) is 30.3 Å². The molecule has 0 aromatic heterocycles. The molecule has 0 unspecified atom stereocenters. The number of carbonyl (C=O) groups excluding carboxylic acids is 1. The summed E-state index contributed by atoms with van der Waals surface area (Å²) in [6.45, 7) is 4.33. The summed E-state index contributed by atoms with van der Waals surface area (Å²) in [5, 5.41) is 0.713. The molecular weight excluding hydrogens is 272 g/mol. The highest BCUT2D eigenvalue weighted by atomic mass is 35.5. The predicted octanol–water partition coefficient (Wildman–Crippen LogP) is 4.80. The lowest BCUT2D eigenvalue weighted by Crippen LogP contribution is -2.08. The number of halogens is 1. The van der Waals surface area contributed by atoms with Crippen LogP contribution in [0.1, 0.15) is 34.8 Å². The van der Waals surface area contributed by atoms with Crippen LogP contribution in [0.5, 0.6) is 5.75 Å². The van der Waals surface area contributed by atoms with Gasteiger partial charge in [0.2, 0.25) is 0 Å². The summed E-state index contributed by atoms with van der Waals surface area (Å²) in [5.41, 5.74) is 4.99. The van der Waals surface area contributed by atoms with Crippen LogP contribution < -0.4 is 4.74 Å². The molecule has 1 heterocycles. The molecule has 0 spiro atoms. The van der Waals surface area contributed by atoms with Crippen LogP contribution >= 0.6 is 11.6 Å². The van der Waals surface area contributed by atoms with Gasteiger partial charge in [-0.1, -0.05) is 24.6 Å². The van der Waals surface area contributed by atoms with Gasteiger partial charge in [-0.3, -0.25) is 4.79 Å². The van der Waals surface area contributed by atoms with E-state index in [1.54, 1.807) is 0 Å². The summed E-state index contributed by atoms with van der Waals surface area (Å²) >= 11 is 6.02. The molecular formula is C17H15ClO2. The van der Waals surface area contributed by atoms with E-state index in [4.69, 9.17) is 16.3 Å². The van der Waals surface area contributed by atoms with Crippen molar-refractivity contribution in [2.75, 3.05) is 0 Å². The van der Waals surface area contributed by atoms with Gasteiger partial charge < -0.3 is 4.74 Å². The van der Waals surface area contributed by atoms with Crippen molar-refractivity contribution >= 4 is 17.4 Å². The van der Waals surface area contributed by atoms with Gasteiger partial charge in [-0.25, -0.2) is 0 Å². The maximum absolute atomic E-state index is 11.9. The first kappa shape index (κ1) is 13.2. The van der Waals surface area contributed by atoms with Crippen LogP contribution in [0.2, 0.25) is 5.02 Å². The zero-order chi connectivity index (χ0) is 14.3. The lowest BCUT2D eigenvalue weighted by molar-refractivity contribution is 0.0987.